The van der Waals surface area contributed by atoms with Crippen molar-refractivity contribution < 1.29 is 9.47 Å². The number of hydrogen-bond donors (Lipinski definition) is 0. The van der Waals surface area contributed by atoms with Gasteiger partial charge in [-0.1, -0.05) is 76.6 Å². The van der Waals surface area contributed by atoms with Crippen LogP contribution in [0.3, 0.4) is 0 Å². The molecular weight excluding hydrogens is 284 g/mol. The fraction of sp³-hybridized carbons (Fsp3) is 0.714. The fourth-order valence-corrected chi connectivity index (χ4v) is 3.17. The van der Waals surface area contributed by atoms with E-state index in [0.717, 1.165) is 13.0 Å². The molecule has 2 atom stereocenters. The Morgan fingerprint density at radius 3 is 2.22 bits per heavy atom. The summed E-state index contributed by atoms with van der Waals surface area (Å²) in [5, 5.41) is 0. The summed E-state index contributed by atoms with van der Waals surface area (Å²) < 4.78 is 12.0. The van der Waals surface area contributed by atoms with Crippen LogP contribution in [0.1, 0.15) is 82.4 Å². The van der Waals surface area contributed by atoms with Crippen molar-refractivity contribution in [3.63, 3.8) is 0 Å². The summed E-state index contributed by atoms with van der Waals surface area (Å²) in [6.45, 7) is 5.92. The molecule has 130 valence electrons. The molecule has 0 N–H and O–H groups in total. The first-order valence-corrected chi connectivity index (χ1v) is 9.65. The normalized spacial score (nSPS) is 21.5. The van der Waals surface area contributed by atoms with Crippen molar-refractivity contribution in [2.45, 2.75) is 83.8 Å². The van der Waals surface area contributed by atoms with E-state index >= 15 is 0 Å². The molecule has 1 aliphatic rings. The number of aryl methyl sites for hydroxylation is 1. The standard InChI is InChI=1S/C21H34O2/c1-3-5-7-8-9-10-18-12-14-19(15-13-18)21-17-22-20(16-23-21)11-6-4-2/h12-15,20-21H,3-11,16-17H2,1-2H3/t20-,21-/m1/s1. The van der Waals surface area contributed by atoms with Gasteiger partial charge in [-0.15, -0.1) is 0 Å². The third-order valence-electron chi connectivity index (χ3n) is 4.77. The van der Waals surface area contributed by atoms with Gasteiger partial charge >= 0.3 is 0 Å². The van der Waals surface area contributed by atoms with Crippen molar-refractivity contribution in [3.8, 4) is 0 Å². The Balaban J connectivity index is 1.70. The third-order valence-corrected chi connectivity index (χ3v) is 4.77. The minimum Gasteiger partial charge on any atom is -0.373 e. The maximum atomic E-state index is 6.01. The number of benzene rings is 1. The van der Waals surface area contributed by atoms with Gasteiger partial charge in [-0.2, -0.15) is 0 Å². The molecule has 1 aromatic rings. The second kappa shape index (κ2) is 10.8. The van der Waals surface area contributed by atoms with Gasteiger partial charge in [-0.3, -0.25) is 0 Å². The van der Waals surface area contributed by atoms with Gasteiger partial charge in [0.1, 0.15) is 6.10 Å². The van der Waals surface area contributed by atoms with Crippen molar-refractivity contribution in [1.29, 1.82) is 0 Å². The van der Waals surface area contributed by atoms with Gasteiger partial charge in [0.15, 0.2) is 0 Å². The topological polar surface area (TPSA) is 18.5 Å². The average molecular weight is 319 g/mol. The van der Waals surface area contributed by atoms with E-state index in [-0.39, 0.29) is 6.10 Å². The van der Waals surface area contributed by atoms with Gasteiger partial charge in [0, 0.05) is 0 Å². The van der Waals surface area contributed by atoms with Crippen LogP contribution >= 0.6 is 0 Å². The summed E-state index contributed by atoms with van der Waals surface area (Å²) in [6.07, 6.45) is 11.9. The molecule has 1 fully saturated rings. The number of hydrogen-bond acceptors (Lipinski definition) is 2. The quantitative estimate of drug-likeness (QED) is 0.504. The Labute approximate surface area is 142 Å². The molecule has 2 nitrogen and oxygen atoms in total. The Bertz CT molecular complexity index is 404. The summed E-state index contributed by atoms with van der Waals surface area (Å²) in [4.78, 5) is 0. The molecular formula is C21H34O2. The van der Waals surface area contributed by atoms with Crippen LogP contribution in [0, 0.1) is 0 Å². The lowest BCUT2D eigenvalue weighted by atomic mass is 10.0. The van der Waals surface area contributed by atoms with E-state index in [2.05, 4.69) is 38.1 Å². The first-order valence-electron chi connectivity index (χ1n) is 9.65. The average Bonchev–Trinajstić information content (AvgIpc) is 2.61. The van der Waals surface area contributed by atoms with E-state index in [1.807, 2.05) is 0 Å². The van der Waals surface area contributed by atoms with Crippen LogP contribution in [0.5, 0.6) is 0 Å². The highest BCUT2D eigenvalue weighted by molar-refractivity contribution is 5.24. The third kappa shape index (κ3) is 6.64. The summed E-state index contributed by atoms with van der Waals surface area (Å²) in [5.41, 5.74) is 2.71. The van der Waals surface area contributed by atoms with E-state index in [0.29, 0.717) is 12.7 Å². The molecule has 2 heteroatoms. The van der Waals surface area contributed by atoms with Crippen molar-refractivity contribution in [1.82, 2.24) is 0 Å². The van der Waals surface area contributed by atoms with Crippen LogP contribution in [0.25, 0.3) is 0 Å². The molecule has 1 saturated heterocycles. The maximum Gasteiger partial charge on any atom is 0.106 e. The zero-order chi connectivity index (χ0) is 16.3. The lowest BCUT2D eigenvalue weighted by Gasteiger charge is -2.30. The van der Waals surface area contributed by atoms with E-state index in [4.69, 9.17) is 9.47 Å². The highest BCUT2D eigenvalue weighted by atomic mass is 16.6. The molecule has 0 saturated carbocycles. The summed E-state index contributed by atoms with van der Waals surface area (Å²) >= 11 is 0. The first kappa shape index (κ1) is 18.5. The highest BCUT2D eigenvalue weighted by Crippen LogP contribution is 2.25. The monoisotopic (exact) mass is 318 g/mol. The zero-order valence-corrected chi connectivity index (χ0v) is 15.1. The van der Waals surface area contributed by atoms with Crippen LogP contribution in [-0.2, 0) is 15.9 Å². The number of rotatable bonds is 10. The van der Waals surface area contributed by atoms with Gasteiger partial charge in [0.2, 0.25) is 0 Å². The van der Waals surface area contributed by atoms with Crippen molar-refractivity contribution in [3.05, 3.63) is 35.4 Å². The van der Waals surface area contributed by atoms with Gasteiger partial charge < -0.3 is 9.47 Å². The molecule has 1 heterocycles. The molecule has 0 aromatic heterocycles. The molecule has 0 amide bonds. The van der Waals surface area contributed by atoms with Crippen LogP contribution in [0.2, 0.25) is 0 Å². The van der Waals surface area contributed by atoms with Crippen LogP contribution in [-0.4, -0.2) is 19.3 Å². The minimum atomic E-state index is 0.117. The van der Waals surface area contributed by atoms with Gasteiger partial charge in [0.05, 0.1) is 19.3 Å². The van der Waals surface area contributed by atoms with Crippen LogP contribution in [0.15, 0.2) is 24.3 Å². The van der Waals surface area contributed by atoms with Gasteiger partial charge in [-0.05, 0) is 30.4 Å². The molecule has 23 heavy (non-hydrogen) atoms. The van der Waals surface area contributed by atoms with Crippen LogP contribution < -0.4 is 0 Å². The van der Waals surface area contributed by atoms with Crippen molar-refractivity contribution >= 4 is 0 Å². The molecule has 0 aliphatic carbocycles. The highest BCUT2D eigenvalue weighted by Gasteiger charge is 2.22. The molecule has 0 spiro atoms. The molecule has 0 bridgehead atoms. The van der Waals surface area contributed by atoms with Crippen molar-refractivity contribution in [2.75, 3.05) is 13.2 Å². The smallest absolute Gasteiger partial charge is 0.106 e. The predicted octanol–water partition coefficient (Wildman–Crippen LogP) is 5.85. The second-order valence-corrected chi connectivity index (χ2v) is 6.83. The van der Waals surface area contributed by atoms with E-state index in [9.17, 15) is 0 Å². The summed E-state index contributed by atoms with van der Waals surface area (Å²) in [6, 6.07) is 8.98. The minimum absolute atomic E-state index is 0.117. The molecule has 1 aromatic carbocycles. The largest absolute Gasteiger partial charge is 0.373 e. The van der Waals surface area contributed by atoms with E-state index < -0.39 is 0 Å². The van der Waals surface area contributed by atoms with E-state index in [1.165, 1.54) is 62.5 Å². The molecule has 2 rings (SSSR count). The fourth-order valence-electron chi connectivity index (χ4n) is 3.17. The number of ether oxygens (including phenoxy) is 2. The number of unbranched alkanes of at least 4 members (excludes halogenated alkanes) is 5. The van der Waals surface area contributed by atoms with Gasteiger partial charge in [-0.25, -0.2) is 0 Å². The Kier molecular flexibility index (Phi) is 8.70. The Morgan fingerprint density at radius 2 is 1.57 bits per heavy atom. The van der Waals surface area contributed by atoms with E-state index in [1.54, 1.807) is 0 Å². The summed E-state index contributed by atoms with van der Waals surface area (Å²) in [5.74, 6) is 0. The maximum absolute atomic E-state index is 6.01. The molecule has 0 radical (unpaired) electrons. The van der Waals surface area contributed by atoms with Crippen molar-refractivity contribution in [2.24, 2.45) is 0 Å². The lowest BCUT2D eigenvalue weighted by Crippen LogP contribution is -2.31. The predicted molar refractivity (Wildman–Crippen MR) is 96.9 cm³/mol. The SMILES string of the molecule is CCCCCCCc1ccc([C@H]2CO[C@H](CCCC)CO2)cc1. The molecule has 0 unspecified atom stereocenters. The lowest BCUT2D eigenvalue weighted by molar-refractivity contribution is -0.137. The second-order valence-electron chi connectivity index (χ2n) is 6.83. The van der Waals surface area contributed by atoms with Gasteiger partial charge in [0.25, 0.3) is 0 Å². The Hall–Kier alpha value is -0.860. The zero-order valence-electron chi connectivity index (χ0n) is 15.1. The summed E-state index contributed by atoms with van der Waals surface area (Å²) in [7, 11) is 0. The molecule has 1 aliphatic heterocycles. The van der Waals surface area contributed by atoms with Crippen LogP contribution in [0.4, 0.5) is 0 Å². The first-order chi connectivity index (χ1) is 11.3. The Morgan fingerprint density at radius 1 is 0.826 bits per heavy atom.